The predicted molar refractivity (Wildman–Crippen MR) is 79.2 cm³/mol. The lowest BCUT2D eigenvalue weighted by Gasteiger charge is -2.30. The first kappa shape index (κ1) is 14.5. The normalized spacial score (nSPS) is 21.2. The summed E-state index contributed by atoms with van der Waals surface area (Å²) in [6.45, 7) is 3.00. The van der Waals surface area contributed by atoms with E-state index in [0.717, 1.165) is 19.4 Å². The van der Waals surface area contributed by atoms with Gasteiger partial charge in [0.1, 0.15) is 9.84 Å². The molecule has 1 aromatic rings. The number of likely N-dealkylation sites (N-methyl/N-ethyl adjacent to an activating group) is 1. The van der Waals surface area contributed by atoms with Crippen molar-refractivity contribution in [3.63, 3.8) is 0 Å². The second kappa shape index (κ2) is 6.06. The Bertz CT molecular complexity index is 493. The van der Waals surface area contributed by atoms with Gasteiger partial charge in [-0.25, -0.2) is 8.42 Å². The average Bonchev–Trinajstić information content (AvgIpc) is 2.38. The van der Waals surface area contributed by atoms with Gasteiger partial charge in [-0.15, -0.1) is 0 Å². The Balaban J connectivity index is 2.14. The molecule has 0 aliphatic carbocycles. The van der Waals surface area contributed by atoms with Crippen LogP contribution < -0.4 is 5.32 Å². The van der Waals surface area contributed by atoms with Crippen molar-refractivity contribution in [3.8, 4) is 0 Å². The van der Waals surface area contributed by atoms with E-state index < -0.39 is 9.84 Å². The molecule has 0 aromatic heterocycles. The molecule has 0 saturated carbocycles. The summed E-state index contributed by atoms with van der Waals surface area (Å²) in [7, 11) is -0.814. The summed E-state index contributed by atoms with van der Waals surface area (Å²) in [6.07, 6.45) is 1.59. The molecule has 3 nitrogen and oxygen atoms in total. The highest BCUT2D eigenvalue weighted by Gasteiger charge is 2.29. The Morgan fingerprint density at radius 1 is 1.21 bits per heavy atom. The molecule has 0 radical (unpaired) electrons. The fourth-order valence-corrected chi connectivity index (χ4v) is 4.43. The molecular weight excluding hydrogens is 258 g/mol. The van der Waals surface area contributed by atoms with Crippen molar-refractivity contribution in [2.45, 2.75) is 25.7 Å². The van der Waals surface area contributed by atoms with Gasteiger partial charge in [0.25, 0.3) is 0 Å². The maximum atomic E-state index is 11.5. The zero-order chi connectivity index (χ0) is 13.9. The Kier molecular flexibility index (Phi) is 4.63. The fourth-order valence-electron chi connectivity index (χ4n) is 2.90. The van der Waals surface area contributed by atoms with Crippen LogP contribution in [0.3, 0.4) is 0 Å². The fraction of sp³-hybridized carbons (Fsp3) is 0.600. The third-order valence-electron chi connectivity index (χ3n) is 4.10. The summed E-state index contributed by atoms with van der Waals surface area (Å²) >= 11 is 0. The zero-order valence-electron chi connectivity index (χ0n) is 11.7. The number of aryl methyl sites for hydroxylation is 1. The van der Waals surface area contributed by atoms with Crippen LogP contribution in [0.15, 0.2) is 24.3 Å². The number of hydrogen-bond donors (Lipinski definition) is 1. The first-order chi connectivity index (χ1) is 9.02. The molecule has 1 heterocycles. The van der Waals surface area contributed by atoms with Crippen LogP contribution >= 0.6 is 0 Å². The number of sulfone groups is 1. The van der Waals surface area contributed by atoms with Gasteiger partial charge in [0.15, 0.2) is 0 Å². The van der Waals surface area contributed by atoms with Gasteiger partial charge in [0.2, 0.25) is 0 Å². The van der Waals surface area contributed by atoms with Gasteiger partial charge in [-0.05, 0) is 44.2 Å². The van der Waals surface area contributed by atoms with Gasteiger partial charge < -0.3 is 5.32 Å². The number of hydrogen-bond acceptors (Lipinski definition) is 3. The van der Waals surface area contributed by atoms with E-state index >= 15 is 0 Å². The van der Waals surface area contributed by atoms with Crippen molar-refractivity contribution in [3.05, 3.63) is 35.4 Å². The smallest absolute Gasteiger partial charge is 0.150 e. The minimum absolute atomic E-state index is 0.351. The third-order valence-corrected chi connectivity index (χ3v) is 5.81. The Hall–Kier alpha value is -0.870. The quantitative estimate of drug-likeness (QED) is 0.919. The van der Waals surface area contributed by atoms with E-state index in [9.17, 15) is 8.42 Å². The van der Waals surface area contributed by atoms with E-state index in [1.165, 1.54) is 11.1 Å². The van der Waals surface area contributed by atoms with Crippen LogP contribution in [0.2, 0.25) is 0 Å². The molecule has 19 heavy (non-hydrogen) atoms. The molecule has 1 atom stereocenters. The maximum absolute atomic E-state index is 11.5. The molecule has 0 bridgehead atoms. The van der Waals surface area contributed by atoms with Gasteiger partial charge in [0.05, 0.1) is 11.5 Å². The molecular formula is C15H23NO2S. The van der Waals surface area contributed by atoms with Gasteiger partial charge in [0, 0.05) is 6.54 Å². The van der Waals surface area contributed by atoms with E-state index in [0.29, 0.717) is 23.3 Å². The lowest BCUT2D eigenvalue weighted by Crippen LogP contribution is -2.31. The van der Waals surface area contributed by atoms with Crippen molar-refractivity contribution in [1.29, 1.82) is 0 Å². The summed E-state index contributed by atoms with van der Waals surface area (Å²) in [5.74, 6) is 1.59. The highest BCUT2D eigenvalue weighted by Crippen LogP contribution is 2.33. The summed E-state index contributed by atoms with van der Waals surface area (Å²) in [5.41, 5.74) is 2.59. The van der Waals surface area contributed by atoms with Crippen LogP contribution in [-0.2, 0) is 9.84 Å². The predicted octanol–water partition coefficient (Wildman–Crippen LogP) is 2.12. The standard InChI is InChI=1S/C15H23NO2S/c1-12-3-5-13(6-4-12)15(11-16-2)14-7-9-19(17,18)10-8-14/h3-6,14-16H,7-11H2,1-2H3. The van der Waals surface area contributed by atoms with Crippen molar-refractivity contribution in [1.82, 2.24) is 5.32 Å². The summed E-state index contributed by atoms with van der Waals surface area (Å²) < 4.78 is 23.1. The molecule has 1 saturated heterocycles. The lowest BCUT2D eigenvalue weighted by molar-refractivity contribution is 0.376. The summed E-state index contributed by atoms with van der Waals surface area (Å²) in [5, 5.41) is 3.25. The topological polar surface area (TPSA) is 46.2 Å². The van der Waals surface area contributed by atoms with E-state index in [-0.39, 0.29) is 0 Å². The first-order valence-corrected chi connectivity index (χ1v) is 8.75. The third kappa shape index (κ3) is 3.80. The summed E-state index contributed by atoms with van der Waals surface area (Å²) in [6, 6.07) is 8.63. The molecule has 2 rings (SSSR count). The van der Waals surface area contributed by atoms with Crippen LogP contribution in [0.1, 0.15) is 29.9 Å². The SMILES string of the molecule is CNCC(c1ccc(C)cc1)C1CCS(=O)(=O)CC1. The van der Waals surface area contributed by atoms with Crippen LogP contribution in [-0.4, -0.2) is 33.5 Å². The molecule has 106 valence electrons. The van der Waals surface area contributed by atoms with E-state index in [1.807, 2.05) is 7.05 Å². The van der Waals surface area contributed by atoms with E-state index in [1.54, 1.807) is 0 Å². The minimum Gasteiger partial charge on any atom is -0.319 e. The summed E-state index contributed by atoms with van der Waals surface area (Å²) in [4.78, 5) is 0. The highest BCUT2D eigenvalue weighted by atomic mass is 32.2. The molecule has 0 spiro atoms. The monoisotopic (exact) mass is 281 g/mol. The largest absolute Gasteiger partial charge is 0.319 e. The molecule has 4 heteroatoms. The maximum Gasteiger partial charge on any atom is 0.150 e. The van der Waals surface area contributed by atoms with Gasteiger partial charge >= 0.3 is 0 Å². The molecule has 1 unspecified atom stereocenters. The zero-order valence-corrected chi connectivity index (χ0v) is 12.5. The van der Waals surface area contributed by atoms with Gasteiger partial charge in [-0.3, -0.25) is 0 Å². The number of rotatable bonds is 4. The van der Waals surface area contributed by atoms with Crippen molar-refractivity contribution in [2.75, 3.05) is 25.1 Å². The molecule has 1 aliphatic rings. The van der Waals surface area contributed by atoms with Crippen LogP contribution in [0, 0.1) is 12.8 Å². The van der Waals surface area contributed by atoms with Crippen molar-refractivity contribution >= 4 is 9.84 Å². The van der Waals surface area contributed by atoms with Crippen LogP contribution in [0.4, 0.5) is 0 Å². The molecule has 0 amide bonds. The molecule has 1 aliphatic heterocycles. The van der Waals surface area contributed by atoms with Gasteiger partial charge in [-0.2, -0.15) is 0 Å². The number of nitrogens with one attached hydrogen (secondary N) is 1. The van der Waals surface area contributed by atoms with E-state index in [4.69, 9.17) is 0 Å². The van der Waals surface area contributed by atoms with Crippen molar-refractivity contribution < 1.29 is 8.42 Å². The molecule has 1 N–H and O–H groups in total. The minimum atomic E-state index is -2.77. The van der Waals surface area contributed by atoms with Crippen molar-refractivity contribution in [2.24, 2.45) is 5.92 Å². The second-order valence-electron chi connectivity index (χ2n) is 5.56. The van der Waals surface area contributed by atoms with E-state index in [2.05, 4.69) is 36.5 Å². The number of benzene rings is 1. The van der Waals surface area contributed by atoms with Crippen LogP contribution in [0.25, 0.3) is 0 Å². The van der Waals surface area contributed by atoms with Gasteiger partial charge in [-0.1, -0.05) is 29.8 Å². The average molecular weight is 281 g/mol. The Morgan fingerprint density at radius 3 is 2.32 bits per heavy atom. The first-order valence-electron chi connectivity index (χ1n) is 6.93. The highest BCUT2D eigenvalue weighted by molar-refractivity contribution is 7.91. The second-order valence-corrected chi connectivity index (χ2v) is 7.87. The van der Waals surface area contributed by atoms with Crippen LogP contribution in [0.5, 0.6) is 0 Å². The lowest BCUT2D eigenvalue weighted by atomic mass is 9.82. The Labute approximate surface area is 116 Å². The Morgan fingerprint density at radius 2 is 1.79 bits per heavy atom. The molecule has 1 fully saturated rings. The molecule has 1 aromatic carbocycles.